The van der Waals surface area contributed by atoms with E-state index in [4.69, 9.17) is 4.74 Å². The summed E-state index contributed by atoms with van der Waals surface area (Å²) in [6.07, 6.45) is 0.244. The molecule has 1 atom stereocenters. The Kier molecular flexibility index (Phi) is 7.23. The van der Waals surface area contributed by atoms with E-state index in [9.17, 15) is 13.5 Å². The first-order valence-corrected chi connectivity index (χ1v) is 7.56. The van der Waals surface area contributed by atoms with Crippen molar-refractivity contribution < 1.29 is 18.3 Å². The molecule has 0 aliphatic carbocycles. The van der Waals surface area contributed by atoms with Crippen LogP contribution in [0.25, 0.3) is 0 Å². The van der Waals surface area contributed by atoms with Gasteiger partial charge in [0.05, 0.1) is 23.2 Å². The third kappa shape index (κ3) is 7.70. The fraction of sp³-hybridized carbons (Fsp3) is 1.00. The van der Waals surface area contributed by atoms with Gasteiger partial charge in [0.25, 0.3) is 0 Å². The molecule has 17 heavy (non-hydrogen) atoms. The molecule has 0 aliphatic heterocycles. The van der Waals surface area contributed by atoms with Crippen molar-refractivity contribution >= 4 is 9.84 Å². The van der Waals surface area contributed by atoms with E-state index < -0.39 is 15.4 Å². The largest absolute Gasteiger partial charge is 0.389 e. The third-order valence-electron chi connectivity index (χ3n) is 2.63. The van der Waals surface area contributed by atoms with Crippen molar-refractivity contribution in [2.24, 2.45) is 0 Å². The summed E-state index contributed by atoms with van der Waals surface area (Å²) in [6.45, 7) is 6.53. The van der Waals surface area contributed by atoms with Gasteiger partial charge in [-0.25, -0.2) is 8.42 Å². The molecular weight excluding hydrogens is 242 g/mol. The molecule has 5 nitrogen and oxygen atoms in total. The number of aliphatic hydroxyl groups is 1. The molecule has 2 N–H and O–H groups in total. The molecule has 0 fully saturated rings. The van der Waals surface area contributed by atoms with Crippen LogP contribution in [0.2, 0.25) is 0 Å². The zero-order valence-corrected chi connectivity index (χ0v) is 12.0. The number of ether oxygens (including phenoxy) is 1. The Morgan fingerprint density at radius 2 is 2.00 bits per heavy atom. The molecule has 6 heteroatoms. The van der Waals surface area contributed by atoms with Gasteiger partial charge < -0.3 is 15.2 Å². The van der Waals surface area contributed by atoms with Crippen molar-refractivity contribution in [2.45, 2.75) is 38.0 Å². The predicted molar refractivity (Wildman–Crippen MR) is 68.9 cm³/mol. The van der Waals surface area contributed by atoms with E-state index in [-0.39, 0.29) is 17.4 Å². The molecule has 0 rings (SSSR count). The van der Waals surface area contributed by atoms with Gasteiger partial charge >= 0.3 is 0 Å². The zero-order chi connectivity index (χ0) is 13.5. The lowest BCUT2D eigenvalue weighted by molar-refractivity contribution is 0.0546. The molecule has 0 radical (unpaired) electrons. The van der Waals surface area contributed by atoms with Crippen LogP contribution in [0.3, 0.4) is 0 Å². The maximum atomic E-state index is 11.6. The van der Waals surface area contributed by atoms with Crippen molar-refractivity contribution in [3.05, 3.63) is 0 Å². The molecular formula is C11H25NO4S. The van der Waals surface area contributed by atoms with E-state index in [2.05, 4.69) is 5.32 Å². The summed E-state index contributed by atoms with van der Waals surface area (Å²) in [5, 5.41) is 12.6. The quantitative estimate of drug-likeness (QED) is 0.583. The second-order valence-electron chi connectivity index (χ2n) is 4.83. The summed E-state index contributed by atoms with van der Waals surface area (Å²) < 4.78 is 28.1. The fourth-order valence-corrected chi connectivity index (χ4v) is 2.41. The molecule has 0 aliphatic rings. The maximum Gasteiger partial charge on any atom is 0.152 e. The van der Waals surface area contributed by atoms with Crippen LogP contribution in [-0.2, 0) is 14.6 Å². The van der Waals surface area contributed by atoms with Gasteiger partial charge in [-0.1, -0.05) is 0 Å². The summed E-state index contributed by atoms with van der Waals surface area (Å²) in [4.78, 5) is 0. The van der Waals surface area contributed by atoms with Gasteiger partial charge in [-0.05, 0) is 27.2 Å². The van der Waals surface area contributed by atoms with Crippen LogP contribution < -0.4 is 5.32 Å². The summed E-state index contributed by atoms with van der Waals surface area (Å²) in [7, 11) is -1.47. The highest BCUT2D eigenvalue weighted by Gasteiger charge is 2.25. The monoisotopic (exact) mass is 267 g/mol. The van der Waals surface area contributed by atoms with E-state index >= 15 is 0 Å². The fourth-order valence-electron chi connectivity index (χ4n) is 1.22. The molecule has 1 unspecified atom stereocenters. The smallest absolute Gasteiger partial charge is 0.152 e. The van der Waals surface area contributed by atoms with Gasteiger partial charge in [-0.3, -0.25) is 0 Å². The lowest BCUT2D eigenvalue weighted by Gasteiger charge is -2.24. The lowest BCUT2D eigenvalue weighted by atomic mass is 10.0. The molecule has 0 saturated heterocycles. The van der Waals surface area contributed by atoms with E-state index in [1.165, 1.54) is 0 Å². The summed E-state index contributed by atoms with van der Waals surface area (Å²) in [6, 6.07) is 0. The van der Waals surface area contributed by atoms with Gasteiger partial charge in [-0.15, -0.1) is 0 Å². The van der Waals surface area contributed by atoms with Crippen LogP contribution in [0.5, 0.6) is 0 Å². The van der Waals surface area contributed by atoms with Gasteiger partial charge in [-0.2, -0.15) is 0 Å². The highest BCUT2D eigenvalue weighted by Crippen LogP contribution is 2.12. The Morgan fingerprint density at radius 1 is 1.41 bits per heavy atom. The van der Waals surface area contributed by atoms with E-state index in [1.807, 2.05) is 0 Å². The van der Waals surface area contributed by atoms with E-state index in [0.717, 1.165) is 0 Å². The van der Waals surface area contributed by atoms with Crippen molar-refractivity contribution in [3.63, 3.8) is 0 Å². The number of hydrogen-bond acceptors (Lipinski definition) is 5. The molecule has 0 bridgehead atoms. The highest BCUT2D eigenvalue weighted by atomic mass is 32.2. The van der Waals surface area contributed by atoms with Crippen molar-refractivity contribution in [2.75, 3.05) is 32.6 Å². The first-order valence-electron chi connectivity index (χ1n) is 5.85. The molecule has 0 aromatic carbocycles. The van der Waals surface area contributed by atoms with Crippen molar-refractivity contribution in [1.82, 2.24) is 5.32 Å². The van der Waals surface area contributed by atoms with Crippen molar-refractivity contribution in [1.29, 1.82) is 0 Å². The number of sulfone groups is 1. The van der Waals surface area contributed by atoms with E-state index in [1.54, 1.807) is 27.9 Å². The highest BCUT2D eigenvalue weighted by molar-refractivity contribution is 7.91. The Hall–Kier alpha value is -0.170. The third-order valence-corrected chi connectivity index (χ3v) is 4.84. The number of methoxy groups -OCH3 is 1. The maximum absolute atomic E-state index is 11.6. The predicted octanol–water partition coefficient (Wildman–Crippen LogP) is 0.187. The average molecular weight is 267 g/mol. The minimum atomic E-state index is -3.08. The molecule has 0 aromatic rings. The SMILES string of the molecule is COCCNCC(C)(O)CCS(=O)(=O)C(C)C. The van der Waals surface area contributed by atoms with Crippen LogP contribution in [-0.4, -0.2) is 56.9 Å². The number of rotatable bonds is 9. The molecule has 0 heterocycles. The second-order valence-corrected chi connectivity index (χ2v) is 7.51. The van der Waals surface area contributed by atoms with Gasteiger partial charge in [0.15, 0.2) is 9.84 Å². The summed E-state index contributed by atoms with van der Waals surface area (Å²) >= 11 is 0. The van der Waals surface area contributed by atoms with Crippen LogP contribution >= 0.6 is 0 Å². The number of hydrogen-bond donors (Lipinski definition) is 2. The van der Waals surface area contributed by atoms with Crippen molar-refractivity contribution in [3.8, 4) is 0 Å². The van der Waals surface area contributed by atoms with Crippen LogP contribution in [0.4, 0.5) is 0 Å². The Morgan fingerprint density at radius 3 is 2.47 bits per heavy atom. The average Bonchev–Trinajstić information content (AvgIpc) is 2.22. The molecule has 0 spiro atoms. The second kappa shape index (κ2) is 7.31. The topological polar surface area (TPSA) is 75.6 Å². The molecule has 0 aromatic heterocycles. The zero-order valence-electron chi connectivity index (χ0n) is 11.2. The minimum absolute atomic E-state index is 0.0175. The van der Waals surface area contributed by atoms with E-state index in [0.29, 0.717) is 19.7 Å². The van der Waals surface area contributed by atoms with Crippen LogP contribution in [0.15, 0.2) is 0 Å². The first kappa shape index (κ1) is 16.8. The minimum Gasteiger partial charge on any atom is -0.389 e. The Bertz CT molecular complexity index is 299. The van der Waals surface area contributed by atoms with Gasteiger partial charge in [0, 0.05) is 20.2 Å². The van der Waals surface area contributed by atoms with Crippen LogP contribution in [0, 0.1) is 0 Å². The summed E-state index contributed by atoms with van der Waals surface area (Å²) in [5.41, 5.74) is -1.00. The van der Waals surface area contributed by atoms with Gasteiger partial charge in [0.2, 0.25) is 0 Å². The normalized spacial score (nSPS) is 16.1. The standard InChI is InChI=1S/C11H25NO4S/c1-10(2)17(14,15)8-5-11(3,13)9-12-6-7-16-4/h10,12-13H,5-9H2,1-4H3. The Balaban J connectivity index is 4.01. The first-order chi connectivity index (χ1) is 7.71. The van der Waals surface area contributed by atoms with Crippen LogP contribution in [0.1, 0.15) is 27.2 Å². The lowest BCUT2D eigenvalue weighted by Crippen LogP contribution is -2.40. The molecule has 104 valence electrons. The molecule has 0 amide bonds. The molecule has 0 saturated carbocycles. The van der Waals surface area contributed by atoms with Gasteiger partial charge in [0.1, 0.15) is 0 Å². The number of nitrogens with one attached hydrogen (secondary N) is 1. The summed E-state index contributed by atoms with van der Waals surface area (Å²) in [5.74, 6) is 0.0175. The Labute approximate surface area is 104 Å².